The summed E-state index contributed by atoms with van der Waals surface area (Å²) in [6.07, 6.45) is -0.279. The number of ether oxygens (including phenoxy) is 1. The van der Waals surface area contributed by atoms with Crippen LogP contribution in [0.15, 0.2) is 5.28 Å². The van der Waals surface area contributed by atoms with E-state index in [0.717, 1.165) is 5.01 Å². The van der Waals surface area contributed by atoms with Gasteiger partial charge in [-0.05, 0) is 5.92 Å². The van der Waals surface area contributed by atoms with Gasteiger partial charge in [0.05, 0.1) is 12.0 Å². The smallest absolute Gasteiger partial charge is 0.332 e. The van der Waals surface area contributed by atoms with Crippen molar-refractivity contribution in [3.63, 3.8) is 0 Å². The number of rotatable bonds is 9. The van der Waals surface area contributed by atoms with Crippen LogP contribution in [0.25, 0.3) is 0 Å². The lowest BCUT2D eigenvalue weighted by Crippen LogP contribution is -2.46. The van der Waals surface area contributed by atoms with Gasteiger partial charge in [-0.25, -0.2) is 4.79 Å². The molecule has 1 unspecified atom stereocenters. The Balaban J connectivity index is 4.73. The number of hydrogen-bond acceptors (Lipinski definition) is 6. The lowest BCUT2D eigenvalue weighted by atomic mass is 9.99. The first-order chi connectivity index (χ1) is 9.74. The number of likely N-dealkylation sites (N-methyl/N-ethyl adjacent to an activating group) is 1. The van der Waals surface area contributed by atoms with Gasteiger partial charge >= 0.3 is 11.9 Å². The standard InChI is InChI=1S/C12H23N3O6/c1-6-8(3)11(12(17)18)14(5)15(19)13-21-9(4)20-10(16)7-2/h8-9,11H,6-7H2,1-5H3,(H,17,18)/t8-,9?,11+/m1/s1. The van der Waals surface area contributed by atoms with E-state index in [0.29, 0.717) is 6.42 Å². The molecule has 9 heteroatoms. The van der Waals surface area contributed by atoms with Crippen LogP contribution in [-0.2, 0) is 19.2 Å². The predicted molar refractivity (Wildman–Crippen MR) is 71.6 cm³/mol. The second-order valence-corrected chi connectivity index (χ2v) is 4.59. The highest BCUT2D eigenvalue weighted by molar-refractivity contribution is 5.73. The fraction of sp³-hybridized carbons (Fsp3) is 0.833. The zero-order valence-corrected chi connectivity index (χ0v) is 13.0. The first-order valence-corrected chi connectivity index (χ1v) is 6.73. The van der Waals surface area contributed by atoms with Gasteiger partial charge in [-0.1, -0.05) is 27.2 Å². The van der Waals surface area contributed by atoms with Crippen molar-refractivity contribution in [2.75, 3.05) is 7.05 Å². The minimum Gasteiger partial charge on any atom is -0.569 e. The van der Waals surface area contributed by atoms with Crippen LogP contribution >= 0.6 is 0 Å². The maximum Gasteiger partial charge on any atom is 0.332 e. The molecule has 0 aliphatic heterocycles. The van der Waals surface area contributed by atoms with Gasteiger partial charge in [-0.3, -0.25) is 9.63 Å². The van der Waals surface area contributed by atoms with E-state index >= 15 is 0 Å². The monoisotopic (exact) mass is 305 g/mol. The molecule has 0 fully saturated rings. The van der Waals surface area contributed by atoms with Gasteiger partial charge in [0.1, 0.15) is 0 Å². The van der Waals surface area contributed by atoms with Crippen LogP contribution in [0, 0.1) is 11.1 Å². The summed E-state index contributed by atoms with van der Waals surface area (Å²) in [5, 5.41) is 25.0. The van der Waals surface area contributed by atoms with Crippen LogP contribution in [-0.4, -0.2) is 46.4 Å². The number of hydrazine groups is 1. The van der Waals surface area contributed by atoms with E-state index in [1.54, 1.807) is 13.8 Å². The first kappa shape index (κ1) is 18.9. The molecule has 1 N–H and O–H groups in total. The Morgan fingerprint density at radius 2 is 1.95 bits per heavy atom. The topological polar surface area (TPSA) is 114 Å². The average Bonchev–Trinajstić information content (AvgIpc) is 2.43. The SMILES string of the molecule is CCC(=O)OC(C)ON=[N+]([O-])N(C)[C@H](C(=O)O)[C@H](C)CC. The average molecular weight is 305 g/mol. The third kappa shape index (κ3) is 6.28. The second kappa shape index (κ2) is 8.98. The third-order valence-corrected chi connectivity index (χ3v) is 2.96. The van der Waals surface area contributed by atoms with Crippen molar-refractivity contribution in [3.05, 3.63) is 5.21 Å². The summed E-state index contributed by atoms with van der Waals surface area (Å²) in [4.78, 5) is 26.9. The molecule has 0 aliphatic carbocycles. The second-order valence-electron chi connectivity index (χ2n) is 4.59. The Morgan fingerprint density at radius 3 is 2.38 bits per heavy atom. The van der Waals surface area contributed by atoms with Gasteiger partial charge in [0, 0.05) is 13.3 Å². The van der Waals surface area contributed by atoms with Crippen molar-refractivity contribution in [1.82, 2.24) is 5.01 Å². The van der Waals surface area contributed by atoms with Crippen LogP contribution in [0.2, 0.25) is 0 Å². The van der Waals surface area contributed by atoms with E-state index in [1.807, 2.05) is 6.92 Å². The third-order valence-electron chi connectivity index (χ3n) is 2.96. The van der Waals surface area contributed by atoms with Gasteiger partial charge < -0.3 is 15.1 Å². The Morgan fingerprint density at radius 1 is 1.38 bits per heavy atom. The summed E-state index contributed by atoms with van der Waals surface area (Å²) in [5.74, 6) is -1.88. The first-order valence-electron chi connectivity index (χ1n) is 6.73. The van der Waals surface area contributed by atoms with E-state index in [4.69, 9.17) is 14.7 Å². The molecule has 0 radical (unpaired) electrons. The van der Waals surface area contributed by atoms with Crippen molar-refractivity contribution < 1.29 is 29.2 Å². The number of carboxylic acids is 1. The molecule has 0 heterocycles. The van der Waals surface area contributed by atoms with Crippen LogP contribution in [0.3, 0.4) is 0 Å². The molecular weight excluding hydrogens is 282 g/mol. The molecule has 0 aromatic heterocycles. The molecule has 0 spiro atoms. The molecule has 0 aromatic rings. The highest BCUT2D eigenvalue weighted by Gasteiger charge is 2.33. The van der Waals surface area contributed by atoms with E-state index in [9.17, 15) is 14.8 Å². The van der Waals surface area contributed by atoms with Crippen LogP contribution < -0.4 is 0 Å². The minimum atomic E-state index is -1.13. The fourth-order valence-electron chi connectivity index (χ4n) is 1.56. The Hall–Kier alpha value is -2.06. The molecule has 21 heavy (non-hydrogen) atoms. The number of aliphatic carboxylic acids is 1. The summed E-state index contributed by atoms with van der Waals surface area (Å²) in [7, 11) is 1.30. The van der Waals surface area contributed by atoms with Crippen molar-refractivity contribution in [1.29, 1.82) is 0 Å². The molecule has 9 nitrogen and oxygen atoms in total. The molecule has 0 aromatic carbocycles. The van der Waals surface area contributed by atoms with Gasteiger partial charge in [0.25, 0.3) is 6.29 Å². The van der Waals surface area contributed by atoms with Gasteiger partial charge in [-0.2, -0.15) is 0 Å². The zero-order valence-electron chi connectivity index (χ0n) is 13.0. The molecule has 0 amide bonds. The maximum atomic E-state index is 11.7. The molecule has 0 rings (SSSR count). The van der Waals surface area contributed by atoms with E-state index < -0.39 is 24.3 Å². The zero-order chi connectivity index (χ0) is 16.6. The molecule has 0 saturated carbocycles. The largest absolute Gasteiger partial charge is 0.569 e. The van der Waals surface area contributed by atoms with Gasteiger partial charge in [-0.15, -0.1) is 5.01 Å². The molecular formula is C12H23N3O6. The Kier molecular flexibility index (Phi) is 8.10. The van der Waals surface area contributed by atoms with Crippen molar-refractivity contribution >= 4 is 11.9 Å². The quantitative estimate of drug-likeness (QED) is 0.226. The molecule has 0 saturated heterocycles. The number of esters is 1. The van der Waals surface area contributed by atoms with Gasteiger partial charge in [0.2, 0.25) is 5.28 Å². The molecule has 122 valence electrons. The van der Waals surface area contributed by atoms with Crippen molar-refractivity contribution in [2.45, 2.75) is 52.9 Å². The molecule has 0 aliphatic rings. The highest BCUT2D eigenvalue weighted by Crippen LogP contribution is 2.14. The minimum absolute atomic E-state index is 0.0290. The summed E-state index contributed by atoms with van der Waals surface area (Å²) >= 11 is 0. The fourth-order valence-corrected chi connectivity index (χ4v) is 1.56. The number of carbonyl (C=O) groups is 2. The highest BCUT2D eigenvalue weighted by atomic mass is 16.8. The van der Waals surface area contributed by atoms with Crippen molar-refractivity contribution in [3.8, 4) is 0 Å². The van der Waals surface area contributed by atoms with Gasteiger partial charge in [0.15, 0.2) is 6.04 Å². The van der Waals surface area contributed by atoms with Crippen LogP contribution in [0.1, 0.15) is 40.5 Å². The number of carboxylic acid groups (broad SMARTS) is 1. The number of hydrogen-bond donors (Lipinski definition) is 1. The van der Waals surface area contributed by atoms with Crippen molar-refractivity contribution in [2.24, 2.45) is 11.2 Å². The van der Waals surface area contributed by atoms with Crippen LogP contribution in [0.4, 0.5) is 0 Å². The normalized spacial score (nSPS) is 15.8. The van der Waals surface area contributed by atoms with E-state index in [2.05, 4.69) is 5.28 Å². The number of nitrogens with zero attached hydrogens (tertiary/aromatic N) is 3. The summed E-state index contributed by atoms with van der Waals surface area (Å²) in [6.45, 7) is 6.55. The summed E-state index contributed by atoms with van der Waals surface area (Å²) < 4.78 is 4.75. The lowest BCUT2D eigenvalue weighted by Gasteiger charge is -2.24. The van der Waals surface area contributed by atoms with E-state index in [-0.39, 0.29) is 17.3 Å². The Bertz CT molecular complexity index is 387. The molecule has 3 atom stereocenters. The van der Waals surface area contributed by atoms with E-state index in [1.165, 1.54) is 14.0 Å². The van der Waals surface area contributed by atoms with Crippen LogP contribution in [0.5, 0.6) is 0 Å². The Labute approximate surface area is 123 Å². The lowest BCUT2D eigenvalue weighted by molar-refractivity contribution is -0.713. The maximum absolute atomic E-state index is 11.7. The summed E-state index contributed by atoms with van der Waals surface area (Å²) in [5.41, 5.74) is 0. The number of carbonyl (C=O) groups excluding carboxylic acids is 1. The predicted octanol–water partition coefficient (Wildman–Crippen LogP) is 1.53. The molecule has 0 bridgehead atoms. The summed E-state index contributed by atoms with van der Waals surface area (Å²) in [6, 6.07) is -1.03.